The Balaban J connectivity index is 1.74. The van der Waals surface area contributed by atoms with E-state index in [0.717, 1.165) is 0 Å². The van der Waals surface area contributed by atoms with Crippen molar-refractivity contribution >= 4 is 3.21 Å². The van der Waals surface area contributed by atoms with Crippen LogP contribution in [0.1, 0.15) is 37.0 Å². The number of allylic oxidation sites excluding steroid dienone is 4. The molecule has 34 heavy (non-hydrogen) atoms. The average Bonchev–Trinajstić information content (AvgIpc) is 3.52. The van der Waals surface area contributed by atoms with Gasteiger partial charge in [-0.1, -0.05) is 0 Å². The molecule has 2 aliphatic carbocycles. The second-order valence-electron chi connectivity index (χ2n) is 9.37. The third-order valence-corrected chi connectivity index (χ3v) is 15.9. The van der Waals surface area contributed by atoms with Crippen LogP contribution < -0.4 is 0 Å². The van der Waals surface area contributed by atoms with Gasteiger partial charge in [0.2, 0.25) is 0 Å². The van der Waals surface area contributed by atoms with Crippen molar-refractivity contribution in [3.63, 3.8) is 0 Å². The van der Waals surface area contributed by atoms with Gasteiger partial charge in [-0.05, 0) is 0 Å². The zero-order chi connectivity index (χ0) is 23.1. The molecule has 0 bridgehead atoms. The van der Waals surface area contributed by atoms with E-state index in [0.29, 0.717) is 7.25 Å². The second kappa shape index (κ2) is 9.05. The molecule has 4 aromatic rings. The fraction of sp³-hybridized carbons (Fsp3) is 0.121. The number of rotatable bonds is 4. The van der Waals surface area contributed by atoms with Crippen LogP contribution in [0, 0.1) is 13.8 Å². The van der Waals surface area contributed by atoms with E-state index in [4.69, 9.17) is 0 Å². The fourth-order valence-electron chi connectivity index (χ4n) is 5.90. The number of fused-ring (bicyclic) bond motifs is 3. The van der Waals surface area contributed by atoms with Crippen LogP contribution in [-0.4, -0.2) is 3.21 Å². The van der Waals surface area contributed by atoms with E-state index in [9.17, 15) is 0 Å². The summed E-state index contributed by atoms with van der Waals surface area (Å²) in [7, 11) is 0. The van der Waals surface area contributed by atoms with Gasteiger partial charge in [-0.3, -0.25) is 0 Å². The molecule has 0 heterocycles. The van der Waals surface area contributed by atoms with Crippen molar-refractivity contribution in [2.45, 2.75) is 21.1 Å². The van der Waals surface area contributed by atoms with Crippen LogP contribution in [0.15, 0.2) is 121 Å². The first kappa shape index (κ1) is 21.6. The molecule has 0 unspecified atom stereocenters. The normalized spacial score (nSPS) is 14.3. The Hall–Kier alpha value is -2.89. The zero-order valence-corrected chi connectivity index (χ0v) is 22.2. The van der Waals surface area contributed by atoms with Crippen LogP contribution in [0.2, 0.25) is 3.63 Å². The molecule has 0 radical (unpaired) electrons. The number of hydrogen-bond acceptors (Lipinski definition) is 0. The summed E-state index contributed by atoms with van der Waals surface area (Å²) in [4.78, 5) is 0. The van der Waals surface area contributed by atoms with Crippen LogP contribution >= 0.6 is 0 Å². The van der Waals surface area contributed by atoms with Gasteiger partial charge < -0.3 is 0 Å². The Morgan fingerprint density at radius 2 is 1.03 bits per heavy atom. The van der Waals surface area contributed by atoms with Gasteiger partial charge >= 0.3 is 211 Å². The van der Waals surface area contributed by atoms with Crippen LogP contribution in [0.25, 0.3) is 11.1 Å². The maximum atomic E-state index is 2.48. The zero-order valence-electron chi connectivity index (χ0n) is 19.7. The predicted molar refractivity (Wildman–Crippen MR) is 141 cm³/mol. The van der Waals surface area contributed by atoms with Gasteiger partial charge in [-0.25, -0.2) is 0 Å². The average molecular weight is 516 g/mol. The van der Waals surface area contributed by atoms with Crippen molar-refractivity contribution in [1.29, 1.82) is 0 Å². The Bertz CT molecular complexity index is 1350. The summed E-state index contributed by atoms with van der Waals surface area (Å²) in [6.45, 7) is 4.57. The Morgan fingerprint density at radius 1 is 0.559 bits per heavy atom. The number of hydrogen-bond donors (Lipinski definition) is 0. The van der Waals surface area contributed by atoms with E-state index in [1.54, 1.807) is 14.3 Å². The summed E-state index contributed by atoms with van der Waals surface area (Å²) in [6.07, 6.45) is 9.48. The molecule has 0 spiro atoms. The Kier molecular flexibility index (Phi) is 5.76. The first-order chi connectivity index (χ1) is 16.7. The van der Waals surface area contributed by atoms with E-state index in [-0.39, 0.29) is 0 Å². The molecular formula is C33H28Zr. The maximum absolute atomic E-state index is 2.49. The Labute approximate surface area is 210 Å². The molecule has 2 aliphatic rings. The third kappa shape index (κ3) is 3.59. The summed E-state index contributed by atoms with van der Waals surface area (Å²) in [6, 6.07) is 36.3. The molecule has 164 valence electrons. The van der Waals surface area contributed by atoms with Gasteiger partial charge in [0.25, 0.3) is 0 Å². The molecule has 0 saturated carbocycles. The molecule has 0 fully saturated rings. The standard InChI is InChI=1S/C15H13.C13H10.C5H5.Zr/c1-10-5-3-7-12-9-13-8-4-6-11(2)15(13)14(10)12;1-3-7-12(8-4-1)11-13-9-5-2-6-10-13;1-2-4-5-3-1;/h3-9H,1-2H3;1-10H;1-5H;. The molecule has 0 aromatic heterocycles. The molecule has 0 atom stereocenters. The van der Waals surface area contributed by atoms with Gasteiger partial charge in [0.15, 0.2) is 0 Å². The van der Waals surface area contributed by atoms with E-state index in [2.05, 4.69) is 135 Å². The van der Waals surface area contributed by atoms with E-state index in [1.807, 2.05) is 0 Å². The van der Waals surface area contributed by atoms with Gasteiger partial charge in [0.05, 0.1) is 0 Å². The summed E-state index contributed by atoms with van der Waals surface area (Å²) in [5.41, 5.74) is 11.7. The van der Waals surface area contributed by atoms with Crippen LogP contribution in [-0.2, 0) is 21.3 Å². The van der Waals surface area contributed by atoms with E-state index >= 15 is 0 Å². The molecule has 0 saturated heterocycles. The van der Waals surface area contributed by atoms with Crippen molar-refractivity contribution < 1.29 is 21.3 Å². The molecule has 0 N–H and O–H groups in total. The predicted octanol–water partition coefficient (Wildman–Crippen LogP) is 8.17. The van der Waals surface area contributed by atoms with Crippen LogP contribution in [0.3, 0.4) is 0 Å². The minimum absolute atomic E-state index is 0.486. The molecule has 0 nitrogen and oxygen atoms in total. The number of aryl methyl sites for hydroxylation is 2. The van der Waals surface area contributed by atoms with E-state index in [1.165, 1.54) is 33.4 Å². The monoisotopic (exact) mass is 514 g/mol. The van der Waals surface area contributed by atoms with Crippen molar-refractivity contribution in [1.82, 2.24) is 0 Å². The van der Waals surface area contributed by atoms with Crippen molar-refractivity contribution in [3.8, 4) is 11.1 Å². The fourth-order valence-corrected chi connectivity index (χ4v) is 15.2. The van der Waals surface area contributed by atoms with Gasteiger partial charge in [0.1, 0.15) is 0 Å². The summed E-state index contributed by atoms with van der Waals surface area (Å²) >= 11 is -2.49. The van der Waals surface area contributed by atoms with Gasteiger partial charge in [0, 0.05) is 0 Å². The SMILES string of the molecule is Cc1cccc2c1-c1c(C)cccc1[CH]2[Zr](=[C](c1ccccc1)c1ccccc1)[CH]1C=CC=C1. The van der Waals surface area contributed by atoms with Crippen LogP contribution in [0.5, 0.6) is 0 Å². The van der Waals surface area contributed by atoms with Gasteiger partial charge in [-0.2, -0.15) is 0 Å². The van der Waals surface area contributed by atoms with Crippen LogP contribution in [0.4, 0.5) is 0 Å². The Morgan fingerprint density at radius 3 is 1.50 bits per heavy atom. The quantitative estimate of drug-likeness (QED) is 0.257. The second-order valence-corrected chi connectivity index (χ2v) is 15.9. The van der Waals surface area contributed by atoms with Crippen molar-refractivity contribution in [2.24, 2.45) is 0 Å². The summed E-state index contributed by atoms with van der Waals surface area (Å²) < 4.78 is 2.64. The molecule has 1 heteroatoms. The molecule has 6 rings (SSSR count). The topological polar surface area (TPSA) is 0 Å². The molecule has 0 aliphatic heterocycles. The summed E-state index contributed by atoms with van der Waals surface area (Å²) in [5, 5.41) is 0. The van der Waals surface area contributed by atoms with E-state index < -0.39 is 21.3 Å². The number of benzene rings is 4. The molecular weight excluding hydrogens is 488 g/mol. The van der Waals surface area contributed by atoms with Crippen molar-refractivity contribution in [3.05, 3.63) is 155 Å². The minimum atomic E-state index is -2.49. The van der Waals surface area contributed by atoms with Crippen molar-refractivity contribution in [2.75, 3.05) is 0 Å². The first-order valence-corrected chi connectivity index (χ1v) is 16.2. The van der Waals surface area contributed by atoms with Gasteiger partial charge in [-0.15, -0.1) is 0 Å². The molecule has 0 amide bonds. The third-order valence-electron chi connectivity index (χ3n) is 7.31. The first-order valence-electron chi connectivity index (χ1n) is 12.1. The molecule has 4 aromatic carbocycles. The summed E-state index contributed by atoms with van der Waals surface area (Å²) in [5.74, 6) is 0.